The zero-order chi connectivity index (χ0) is 11.8. The van der Waals surface area contributed by atoms with E-state index in [2.05, 4.69) is 26.4 Å². The molecule has 0 aliphatic rings. The summed E-state index contributed by atoms with van der Waals surface area (Å²) in [6.45, 7) is 0.796. The highest BCUT2D eigenvalue weighted by Crippen LogP contribution is 2.20. The fourth-order valence-corrected chi connectivity index (χ4v) is 2.96. The van der Waals surface area contributed by atoms with E-state index in [9.17, 15) is 0 Å². The van der Waals surface area contributed by atoms with Crippen molar-refractivity contribution >= 4 is 46.2 Å². The number of aromatic amines is 1. The Morgan fingerprint density at radius 2 is 2.24 bits per heavy atom. The fraction of sp³-hybridized carbons (Fsp3) is 0.0833. The summed E-state index contributed by atoms with van der Waals surface area (Å²) in [7, 11) is 0. The summed E-state index contributed by atoms with van der Waals surface area (Å²) >= 11 is 13.0. The minimum Gasteiger partial charge on any atom is -0.331 e. The molecule has 0 aliphatic carbocycles. The second-order valence-corrected chi connectivity index (χ2v) is 5.41. The van der Waals surface area contributed by atoms with Gasteiger partial charge in [-0.25, -0.2) is 0 Å². The summed E-state index contributed by atoms with van der Waals surface area (Å²) in [6, 6.07) is 7.89. The molecule has 5 heteroatoms. The molecule has 86 valence electrons. The molecule has 2 heterocycles. The lowest BCUT2D eigenvalue weighted by Crippen LogP contribution is -1.97. The number of nitrogens with one attached hydrogen (secondary N) is 1. The Kier molecular flexibility index (Phi) is 2.78. The van der Waals surface area contributed by atoms with E-state index in [1.165, 1.54) is 5.56 Å². The topological polar surface area (TPSA) is 20.7 Å². The largest absolute Gasteiger partial charge is 0.331 e. The minimum absolute atomic E-state index is 0.719. The number of rotatable bonds is 2. The first-order valence-electron chi connectivity index (χ1n) is 5.13. The van der Waals surface area contributed by atoms with Gasteiger partial charge in [-0.3, -0.25) is 0 Å². The number of aromatic nitrogens is 2. The summed E-state index contributed by atoms with van der Waals surface area (Å²) < 4.78 is 2.82. The van der Waals surface area contributed by atoms with Gasteiger partial charge < -0.3 is 9.55 Å². The van der Waals surface area contributed by atoms with E-state index in [4.69, 9.17) is 23.8 Å². The molecule has 2 aromatic heterocycles. The van der Waals surface area contributed by atoms with Gasteiger partial charge in [0.05, 0.1) is 17.6 Å². The summed E-state index contributed by atoms with van der Waals surface area (Å²) in [5.41, 5.74) is 3.34. The number of imidazole rings is 1. The van der Waals surface area contributed by atoms with Gasteiger partial charge in [-0.15, -0.1) is 0 Å². The lowest BCUT2D eigenvalue weighted by molar-refractivity contribution is 0.813. The Balaban J connectivity index is 2.16. The first-order chi connectivity index (χ1) is 8.24. The van der Waals surface area contributed by atoms with Crippen molar-refractivity contribution in [2.75, 3.05) is 0 Å². The van der Waals surface area contributed by atoms with E-state index in [1.807, 2.05) is 18.2 Å². The molecular formula is C12H9ClN2S2. The zero-order valence-electron chi connectivity index (χ0n) is 8.81. The lowest BCUT2D eigenvalue weighted by Gasteiger charge is -2.02. The molecule has 17 heavy (non-hydrogen) atoms. The standard InChI is InChI=1S/C12H9ClN2S2/c13-9-1-2-11-10(5-9)14-12(16)15(11)6-8-3-4-17-7-8/h1-5,7H,6H2,(H,14,16). The molecule has 0 atom stereocenters. The molecule has 0 unspecified atom stereocenters. The summed E-state index contributed by atoms with van der Waals surface area (Å²) in [6.07, 6.45) is 0. The predicted molar refractivity (Wildman–Crippen MR) is 75.6 cm³/mol. The van der Waals surface area contributed by atoms with Gasteiger partial charge in [-0.05, 0) is 52.8 Å². The first kappa shape index (κ1) is 11.0. The average molecular weight is 281 g/mol. The molecule has 3 rings (SSSR count). The highest BCUT2D eigenvalue weighted by Gasteiger charge is 2.05. The third-order valence-corrected chi connectivity index (χ3v) is 3.95. The Morgan fingerprint density at radius 3 is 3.00 bits per heavy atom. The van der Waals surface area contributed by atoms with Crippen LogP contribution in [0.3, 0.4) is 0 Å². The normalized spacial score (nSPS) is 11.1. The quantitative estimate of drug-likeness (QED) is 0.687. The molecule has 1 aromatic carbocycles. The Hall–Kier alpha value is -1.10. The van der Waals surface area contributed by atoms with Crippen LogP contribution in [0.1, 0.15) is 5.56 Å². The van der Waals surface area contributed by atoms with Crippen molar-refractivity contribution in [1.82, 2.24) is 9.55 Å². The Bertz CT molecular complexity index is 710. The summed E-state index contributed by atoms with van der Waals surface area (Å²) in [4.78, 5) is 3.18. The van der Waals surface area contributed by atoms with E-state index in [0.717, 1.165) is 27.4 Å². The van der Waals surface area contributed by atoms with Gasteiger partial charge in [-0.2, -0.15) is 11.3 Å². The molecule has 0 saturated heterocycles. The highest BCUT2D eigenvalue weighted by atomic mass is 35.5. The number of thiophene rings is 1. The number of halogens is 1. The van der Waals surface area contributed by atoms with Gasteiger partial charge in [0.25, 0.3) is 0 Å². The van der Waals surface area contributed by atoms with Crippen molar-refractivity contribution < 1.29 is 0 Å². The number of H-pyrrole nitrogens is 1. The monoisotopic (exact) mass is 280 g/mol. The molecule has 0 saturated carbocycles. The maximum atomic E-state index is 5.96. The van der Waals surface area contributed by atoms with Crippen molar-refractivity contribution in [1.29, 1.82) is 0 Å². The minimum atomic E-state index is 0.719. The van der Waals surface area contributed by atoms with E-state index in [0.29, 0.717) is 0 Å². The van der Waals surface area contributed by atoms with Crippen LogP contribution in [-0.2, 0) is 6.54 Å². The number of nitrogens with zero attached hydrogens (tertiary/aromatic N) is 1. The predicted octanol–water partition coefficient (Wildman–Crippen LogP) is 4.46. The van der Waals surface area contributed by atoms with E-state index < -0.39 is 0 Å². The van der Waals surface area contributed by atoms with E-state index in [-0.39, 0.29) is 0 Å². The second kappa shape index (κ2) is 4.29. The molecular weight excluding hydrogens is 272 g/mol. The van der Waals surface area contributed by atoms with Crippen LogP contribution in [0.25, 0.3) is 11.0 Å². The maximum absolute atomic E-state index is 5.96. The van der Waals surface area contributed by atoms with Gasteiger partial charge in [0.2, 0.25) is 0 Å². The number of benzene rings is 1. The van der Waals surface area contributed by atoms with Gasteiger partial charge in [0.15, 0.2) is 4.77 Å². The van der Waals surface area contributed by atoms with Crippen LogP contribution in [0, 0.1) is 4.77 Å². The second-order valence-electron chi connectivity index (χ2n) is 3.81. The SMILES string of the molecule is S=c1[nH]c2cc(Cl)ccc2n1Cc1ccsc1. The molecule has 3 aromatic rings. The average Bonchev–Trinajstić information content (AvgIpc) is 2.88. The van der Waals surface area contributed by atoms with Gasteiger partial charge in [-0.1, -0.05) is 11.6 Å². The third kappa shape index (κ3) is 2.04. The van der Waals surface area contributed by atoms with Crippen LogP contribution in [0.5, 0.6) is 0 Å². The van der Waals surface area contributed by atoms with Crippen LogP contribution in [-0.4, -0.2) is 9.55 Å². The van der Waals surface area contributed by atoms with Crippen molar-refractivity contribution in [2.24, 2.45) is 0 Å². The van der Waals surface area contributed by atoms with Crippen molar-refractivity contribution in [3.8, 4) is 0 Å². The third-order valence-electron chi connectivity index (χ3n) is 2.66. The Labute approximate surface area is 112 Å². The number of fused-ring (bicyclic) bond motifs is 1. The van der Waals surface area contributed by atoms with Crippen LogP contribution in [0.4, 0.5) is 0 Å². The van der Waals surface area contributed by atoms with E-state index in [1.54, 1.807) is 11.3 Å². The fourth-order valence-electron chi connectivity index (χ4n) is 1.86. The molecule has 0 aliphatic heterocycles. The number of hydrogen-bond donors (Lipinski definition) is 1. The van der Waals surface area contributed by atoms with Gasteiger partial charge in [0, 0.05) is 5.02 Å². The smallest absolute Gasteiger partial charge is 0.178 e. The molecule has 0 fully saturated rings. The number of hydrogen-bond acceptors (Lipinski definition) is 2. The summed E-state index contributed by atoms with van der Waals surface area (Å²) in [5, 5.41) is 4.93. The van der Waals surface area contributed by atoms with Gasteiger partial charge >= 0.3 is 0 Å². The Morgan fingerprint density at radius 1 is 1.35 bits per heavy atom. The summed E-state index contributed by atoms with van der Waals surface area (Å²) in [5.74, 6) is 0. The highest BCUT2D eigenvalue weighted by molar-refractivity contribution is 7.71. The maximum Gasteiger partial charge on any atom is 0.178 e. The van der Waals surface area contributed by atoms with Gasteiger partial charge in [0.1, 0.15) is 0 Å². The van der Waals surface area contributed by atoms with E-state index >= 15 is 0 Å². The van der Waals surface area contributed by atoms with Crippen LogP contribution < -0.4 is 0 Å². The van der Waals surface area contributed by atoms with Crippen LogP contribution >= 0.6 is 35.2 Å². The molecule has 0 amide bonds. The van der Waals surface area contributed by atoms with Crippen LogP contribution in [0.15, 0.2) is 35.0 Å². The first-order valence-corrected chi connectivity index (χ1v) is 6.86. The van der Waals surface area contributed by atoms with Crippen molar-refractivity contribution in [3.05, 3.63) is 50.4 Å². The van der Waals surface area contributed by atoms with Crippen LogP contribution in [0.2, 0.25) is 5.02 Å². The lowest BCUT2D eigenvalue weighted by atomic mass is 10.3. The van der Waals surface area contributed by atoms with Crippen molar-refractivity contribution in [3.63, 3.8) is 0 Å². The molecule has 0 bridgehead atoms. The van der Waals surface area contributed by atoms with Crippen molar-refractivity contribution in [2.45, 2.75) is 6.54 Å². The molecule has 0 spiro atoms. The molecule has 2 nitrogen and oxygen atoms in total. The molecule has 1 N–H and O–H groups in total. The zero-order valence-corrected chi connectivity index (χ0v) is 11.2. The molecule has 0 radical (unpaired) electrons.